The average molecular weight is 363 g/mol. The van der Waals surface area contributed by atoms with Gasteiger partial charge >= 0.3 is 5.97 Å². The summed E-state index contributed by atoms with van der Waals surface area (Å²) in [6.45, 7) is 1.78. The number of nitrogens with zero attached hydrogens (tertiary/aromatic N) is 2. The van der Waals surface area contributed by atoms with Gasteiger partial charge in [0.2, 0.25) is 5.89 Å². The normalized spacial score (nSPS) is 11.7. The first-order chi connectivity index (χ1) is 11.5. The third kappa shape index (κ3) is 3.87. The molecule has 0 saturated heterocycles. The predicted molar refractivity (Wildman–Crippen MR) is 89.7 cm³/mol. The van der Waals surface area contributed by atoms with E-state index in [0.29, 0.717) is 22.1 Å². The highest BCUT2D eigenvalue weighted by atomic mass is 35.5. The fraction of sp³-hybridized carbons (Fsp3) is 0.0625. The van der Waals surface area contributed by atoms with Crippen molar-refractivity contribution in [2.24, 2.45) is 0 Å². The van der Waals surface area contributed by atoms with Crippen molar-refractivity contribution < 1.29 is 18.7 Å². The zero-order valence-corrected chi connectivity index (χ0v) is 14.0. The number of rotatable bonds is 5. The van der Waals surface area contributed by atoms with Gasteiger partial charge in [0.25, 0.3) is 5.22 Å². The summed E-state index contributed by atoms with van der Waals surface area (Å²) >= 11 is 6.69. The van der Waals surface area contributed by atoms with E-state index in [-0.39, 0.29) is 16.0 Å². The molecular weight excluding hydrogens is 352 g/mol. The first kappa shape index (κ1) is 16.4. The largest absolute Gasteiger partial charge is 0.477 e. The van der Waals surface area contributed by atoms with Crippen LogP contribution in [0.4, 0.5) is 0 Å². The van der Waals surface area contributed by atoms with Crippen LogP contribution in [0.15, 0.2) is 55.4 Å². The van der Waals surface area contributed by atoms with Crippen LogP contribution in [0.2, 0.25) is 5.02 Å². The Kier molecular flexibility index (Phi) is 4.73. The second-order valence-electron chi connectivity index (χ2n) is 4.74. The van der Waals surface area contributed by atoms with Crippen LogP contribution in [0.25, 0.3) is 17.5 Å². The lowest BCUT2D eigenvalue weighted by molar-refractivity contribution is -0.131. The number of carboxylic acids is 1. The van der Waals surface area contributed by atoms with Crippen molar-refractivity contribution in [2.75, 3.05) is 0 Å². The Labute approximate surface area is 146 Å². The molecule has 6 nitrogen and oxygen atoms in total. The minimum Gasteiger partial charge on any atom is -0.477 e. The highest BCUT2D eigenvalue weighted by molar-refractivity contribution is 8.03. The molecule has 0 aliphatic heterocycles. The molecule has 0 saturated carbocycles. The predicted octanol–water partition coefficient (Wildman–Crippen LogP) is 4.51. The molecule has 0 radical (unpaired) electrons. The van der Waals surface area contributed by atoms with Crippen molar-refractivity contribution in [3.05, 3.63) is 57.8 Å². The maximum Gasteiger partial charge on any atom is 0.342 e. The van der Waals surface area contributed by atoms with Crippen LogP contribution in [0.1, 0.15) is 11.5 Å². The van der Waals surface area contributed by atoms with Gasteiger partial charge in [-0.2, -0.15) is 0 Å². The van der Waals surface area contributed by atoms with Gasteiger partial charge < -0.3 is 13.9 Å². The molecule has 0 fully saturated rings. The summed E-state index contributed by atoms with van der Waals surface area (Å²) < 4.78 is 10.9. The number of hydrogen-bond acceptors (Lipinski definition) is 6. The number of carboxylic acid groups (broad SMARTS) is 1. The highest BCUT2D eigenvalue weighted by Gasteiger charge is 2.16. The molecule has 3 aromatic rings. The van der Waals surface area contributed by atoms with Gasteiger partial charge in [0.15, 0.2) is 0 Å². The van der Waals surface area contributed by atoms with Gasteiger partial charge in [-0.25, -0.2) is 4.79 Å². The zero-order chi connectivity index (χ0) is 17.1. The Bertz CT molecular complexity index is 899. The Hall–Kier alpha value is -2.51. The van der Waals surface area contributed by atoms with Crippen LogP contribution in [0, 0.1) is 6.92 Å². The van der Waals surface area contributed by atoms with E-state index >= 15 is 0 Å². The molecule has 3 rings (SSSR count). The van der Waals surface area contributed by atoms with Crippen molar-refractivity contribution in [1.82, 2.24) is 10.2 Å². The summed E-state index contributed by atoms with van der Waals surface area (Å²) in [5.74, 6) is 0.307. The summed E-state index contributed by atoms with van der Waals surface area (Å²) in [6, 6.07) is 10.3. The van der Waals surface area contributed by atoms with E-state index in [1.54, 1.807) is 43.3 Å². The van der Waals surface area contributed by atoms with Crippen LogP contribution >= 0.6 is 23.4 Å². The van der Waals surface area contributed by atoms with Gasteiger partial charge in [0, 0.05) is 16.7 Å². The highest BCUT2D eigenvalue weighted by Crippen LogP contribution is 2.30. The monoisotopic (exact) mass is 362 g/mol. The molecule has 0 aliphatic rings. The molecule has 0 aliphatic carbocycles. The first-order valence-electron chi connectivity index (χ1n) is 6.80. The van der Waals surface area contributed by atoms with Crippen molar-refractivity contribution in [1.29, 1.82) is 0 Å². The second kappa shape index (κ2) is 6.94. The molecule has 0 atom stereocenters. The van der Waals surface area contributed by atoms with E-state index < -0.39 is 5.97 Å². The van der Waals surface area contributed by atoms with Crippen molar-refractivity contribution >= 4 is 35.4 Å². The summed E-state index contributed by atoms with van der Waals surface area (Å²) in [5, 5.41) is 17.8. The minimum atomic E-state index is -1.11. The second-order valence-corrected chi connectivity index (χ2v) is 6.17. The van der Waals surface area contributed by atoms with Gasteiger partial charge in [0.1, 0.15) is 16.4 Å². The minimum absolute atomic E-state index is 0.00987. The smallest absolute Gasteiger partial charge is 0.342 e. The van der Waals surface area contributed by atoms with Crippen LogP contribution in [0.3, 0.4) is 0 Å². The fourth-order valence-corrected chi connectivity index (χ4v) is 2.63. The van der Waals surface area contributed by atoms with Gasteiger partial charge in [-0.1, -0.05) is 11.6 Å². The Morgan fingerprint density at radius 3 is 2.54 bits per heavy atom. The van der Waals surface area contributed by atoms with Crippen LogP contribution in [0.5, 0.6) is 0 Å². The fourth-order valence-electron chi connectivity index (χ4n) is 1.85. The molecule has 0 bridgehead atoms. The molecule has 8 heteroatoms. The standard InChI is InChI=1S/C16H11ClN2O4S/c1-9-2-7-12(22-9)8-13(15(20)21)24-16-19-18-14(23-16)10-3-5-11(17)6-4-10/h2-8H,1H3,(H,20,21)/b13-8-. The van der Waals surface area contributed by atoms with Crippen LogP contribution < -0.4 is 0 Å². The third-order valence-electron chi connectivity index (χ3n) is 2.94. The number of benzene rings is 1. The Balaban J connectivity index is 1.82. The van der Waals surface area contributed by atoms with Gasteiger partial charge in [-0.3, -0.25) is 0 Å². The number of aryl methyl sites for hydroxylation is 1. The van der Waals surface area contributed by atoms with Gasteiger partial charge in [0.05, 0.1) is 0 Å². The van der Waals surface area contributed by atoms with Crippen LogP contribution in [-0.4, -0.2) is 21.3 Å². The lowest BCUT2D eigenvalue weighted by Gasteiger charge is -1.97. The quantitative estimate of drug-likeness (QED) is 0.527. The van der Waals surface area contributed by atoms with E-state index in [1.165, 1.54) is 6.08 Å². The molecule has 24 heavy (non-hydrogen) atoms. The van der Waals surface area contributed by atoms with E-state index in [2.05, 4.69) is 10.2 Å². The Morgan fingerprint density at radius 1 is 1.17 bits per heavy atom. The summed E-state index contributed by atoms with van der Waals surface area (Å²) in [7, 11) is 0. The van der Waals surface area contributed by atoms with E-state index in [0.717, 1.165) is 11.8 Å². The summed E-state index contributed by atoms with van der Waals surface area (Å²) in [5.41, 5.74) is 0.696. The number of thioether (sulfide) groups is 1. The molecule has 2 heterocycles. The molecule has 1 aromatic carbocycles. The average Bonchev–Trinajstić information content (AvgIpc) is 3.17. The number of aromatic nitrogens is 2. The molecule has 122 valence electrons. The number of aliphatic carboxylic acids is 1. The molecular formula is C16H11ClN2O4S. The first-order valence-corrected chi connectivity index (χ1v) is 7.99. The lowest BCUT2D eigenvalue weighted by Crippen LogP contribution is -1.96. The summed E-state index contributed by atoms with van der Waals surface area (Å²) in [4.78, 5) is 11.4. The molecule has 1 N–H and O–H groups in total. The topological polar surface area (TPSA) is 89.4 Å². The van der Waals surface area contributed by atoms with Crippen LogP contribution in [-0.2, 0) is 4.79 Å². The number of halogens is 1. The third-order valence-corrected chi connectivity index (χ3v) is 4.04. The van der Waals surface area contributed by atoms with Gasteiger partial charge in [-0.15, -0.1) is 10.2 Å². The van der Waals surface area contributed by atoms with Crippen molar-refractivity contribution in [2.45, 2.75) is 12.1 Å². The van der Waals surface area contributed by atoms with Gasteiger partial charge in [-0.05, 0) is 55.1 Å². The maximum absolute atomic E-state index is 11.4. The maximum atomic E-state index is 11.4. The van der Waals surface area contributed by atoms with E-state index in [9.17, 15) is 9.90 Å². The number of furan rings is 1. The lowest BCUT2D eigenvalue weighted by atomic mass is 10.2. The molecule has 0 unspecified atom stereocenters. The van der Waals surface area contributed by atoms with E-state index in [1.807, 2.05) is 0 Å². The zero-order valence-electron chi connectivity index (χ0n) is 12.4. The number of carbonyl (C=O) groups is 1. The molecule has 0 spiro atoms. The SMILES string of the molecule is Cc1ccc(/C=C(\Sc2nnc(-c3ccc(Cl)cc3)o2)C(=O)O)o1. The van der Waals surface area contributed by atoms with E-state index in [4.69, 9.17) is 20.4 Å². The molecule has 2 aromatic heterocycles. The molecule has 0 amide bonds. The Morgan fingerprint density at radius 2 is 1.92 bits per heavy atom. The van der Waals surface area contributed by atoms with Crippen molar-refractivity contribution in [3.8, 4) is 11.5 Å². The number of hydrogen-bond donors (Lipinski definition) is 1. The van der Waals surface area contributed by atoms with Crippen molar-refractivity contribution in [3.63, 3.8) is 0 Å². The summed E-state index contributed by atoms with van der Waals surface area (Å²) in [6.07, 6.45) is 1.41.